The third-order valence-corrected chi connectivity index (χ3v) is 4.81. The van der Waals surface area contributed by atoms with E-state index in [4.69, 9.17) is 4.74 Å². The summed E-state index contributed by atoms with van der Waals surface area (Å²) in [6, 6.07) is 9.17. The van der Waals surface area contributed by atoms with Gasteiger partial charge in [0.1, 0.15) is 11.8 Å². The second-order valence-electron chi connectivity index (χ2n) is 7.06. The summed E-state index contributed by atoms with van der Waals surface area (Å²) in [5.41, 5.74) is 6.01. The lowest BCUT2D eigenvalue weighted by molar-refractivity contribution is -0.121. The van der Waals surface area contributed by atoms with Gasteiger partial charge in [0.2, 0.25) is 5.91 Å². The molecule has 1 aliphatic heterocycles. The number of nitrogens with zero attached hydrogens (tertiary/aromatic N) is 2. The van der Waals surface area contributed by atoms with Crippen molar-refractivity contribution < 1.29 is 19.1 Å². The van der Waals surface area contributed by atoms with Gasteiger partial charge < -0.3 is 4.74 Å². The van der Waals surface area contributed by atoms with Crippen molar-refractivity contribution in [3.8, 4) is 5.75 Å². The largest absolute Gasteiger partial charge is 0.494 e. The number of carbonyl (C=O) groups is 3. The molecule has 1 fully saturated rings. The fourth-order valence-corrected chi connectivity index (χ4v) is 3.15. The number of unbranched alkanes of at least 4 members (excludes halogenated alkanes) is 3. The van der Waals surface area contributed by atoms with E-state index < -0.39 is 17.9 Å². The van der Waals surface area contributed by atoms with E-state index in [0.29, 0.717) is 23.6 Å². The van der Waals surface area contributed by atoms with Crippen LogP contribution in [0, 0.1) is 0 Å². The molecule has 2 aromatic rings. The maximum atomic E-state index is 12.7. The number of anilines is 1. The third-order valence-electron chi connectivity index (χ3n) is 4.81. The fourth-order valence-electron chi connectivity index (χ4n) is 3.15. The van der Waals surface area contributed by atoms with Gasteiger partial charge in [0.05, 0.1) is 18.7 Å². The normalized spacial score (nSPS) is 16.0. The zero-order valence-corrected chi connectivity index (χ0v) is 17.0. The molecule has 30 heavy (non-hydrogen) atoms. The summed E-state index contributed by atoms with van der Waals surface area (Å²) in [7, 11) is 0. The number of benzene rings is 1. The van der Waals surface area contributed by atoms with Gasteiger partial charge in [0, 0.05) is 18.0 Å². The van der Waals surface area contributed by atoms with E-state index >= 15 is 0 Å². The van der Waals surface area contributed by atoms with Crippen LogP contribution in [-0.2, 0) is 9.59 Å². The average molecular weight is 410 g/mol. The second-order valence-corrected chi connectivity index (χ2v) is 7.06. The van der Waals surface area contributed by atoms with Crippen LogP contribution in [-0.4, -0.2) is 35.4 Å². The molecule has 158 valence electrons. The van der Waals surface area contributed by atoms with E-state index in [-0.39, 0.29) is 12.3 Å². The van der Waals surface area contributed by atoms with Crippen LogP contribution in [0.5, 0.6) is 5.75 Å². The number of hydrazine groups is 1. The SMILES string of the molecule is CCCCCCOc1ccc(N2C(=O)CC(NNC(=O)c3ccncc3)C2=O)cc1. The lowest BCUT2D eigenvalue weighted by Crippen LogP contribution is -2.48. The van der Waals surface area contributed by atoms with Crippen molar-refractivity contribution in [3.63, 3.8) is 0 Å². The van der Waals surface area contributed by atoms with Crippen LogP contribution in [0.15, 0.2) is 48.8 Å². The van der Waals surface area contributed by atoms with Gasteiger partial charge in [-0.3, -0.25) is 24.8 Å². The maximum absolute atomic E-state index is 12.7. The molecule has 2 N–H and O–H groups in total. The zero-order valence-electron chi connectivity index (χ0n) is 17.0. The Morgan fingerprint density at radius 3 is 2.53 bits per heavy atom. The van der Waals surface area contributed by atoms with E-state index in [1.165, 1.54) is 25.2 Å². The molecule has 0 radical (unpaired) electrons. The number of nitrogens with one attached hydrogen (secondary N) is 2. The minimum Gasteiger partial charge on any atom is -0.494 e. The van der Waals surface area contributed by atoms with Gasteiger partial charge in [-0.25, -0.2) is 10.3 Å². The Labute approximate surface area is 175 Å². The minimum atomic E-state index is -0.822. The van der Waals surface area contributed by atoms with Crippen LogP contribution in [0.1, 0.15) is 49.4 Å². The number of hydrogen-bond donors (Lipinski definition) is 2. The standard InChI is InChI=1S/C22H26N4O4/c1-2-3-4-5-14-30-18-8-6-17(7-9-18)26-20(27)15-19(22(26)29)24-25-21(28)16-10-12-23-13-11-16/h6-13,19,24H,2-5,14-15H2,1H3,(H,25,28). The van der Waals surface area contributed by atoms with Crippen molar-refractivity contribution in [3.05, 3.63) is 54.4 Å². The third kappa shape index (κ3) is 5.42. The van der Waals surface area contributed by atoms with E-state index in [2.05, 4.69) is 22.8 Å². The lowest BCUT2D eigenvalue weighted by atomic mass is 10.2. The molecule has 0 spiro atoms. The first kappa shape index (κ1) is 21.4. The molecule has 0 aliphatic carbocycles. The van der Waals surface area contributed by atoms with E-state index in [9.17, 15) is 14.4 Å². The predicted octanol–water partition coefficient (Wildman–Crippen LogP) is 2.61. The van der Waals surface area contributed by atoms with E-state index in [0.717, 1.165) is 17.7 Å². The monoisotopic (exact) mass is 410 g/mol. The molecule has 0 bridgehead atoms. The summed E-state index contributed by atoms with van der Waals surface area (Å²) in [6.45, 7) is 2.81. The molecular weight excluding hydrogens is 384 g/mol. The lowest BCUT2D eigenvalue weighted by Gasteiger charge is -2.16. The maximum Gasteiger partial charge on any atom is 0.265 e. The minimum absolute atomic E-state index is 0.0366. The molecule has 1 unspecified atom stereocenters. The van der Waals surface area contributed by atoms with E-state index in [1.54, 1.807) is 36.4 Å². The summed E-state index contributed by atoms with van der Waals surface area (Å²) in [6.07, 6.45) is 7.47. The molecule has 0 saturated carbocycles. The van der Waals surface area contributed by atoms with Crippen molar-refractivity contribution in [1.29, 1.82) is 0 Å². The first-order valence-electron chi connectivity index (χ1n) is 10.2. The quantitative estimate of drug-likeness (QED) is 0.355. The number of rotatable bonds is 10. The molecule has 1 saturated heterocycles. The van der Waals surface area contributed by atoms with Crippen molar-refractivity contribution >= 4 is 23.4 Å². The molecule has 1 aromatic carbocycles. The summed E-state index contributed by atoms with van der Waals surface area (Å²) >= 11 is 0. The molecule has 8 nitrogen and oxygen atoms in total. The van der Waals surface area contributed by atoms with Crippen LogP contribution in [0.25, 0.3) is 0 Å². The zero-order chi connectivity index (χ0) is 21.3. The highest BCUT2D eigenvalue weighted by atomic mass is 16.5. The molecular formula is C22H26N4O4. The Kier molecular flexibility index (Phi) is 7.51. The van der Waals surface area contributed by atoms with Crippen molar-refractivity contribution in [2.45, 2.75) is 45.1 Å². The van der Waals surface area contributed by atoms with Crippen molar-refractivity contribution in [2.24, 2.45) is 0 Å². The second kappa shape index (κ2) is 10.5. The summed E-state index contributed by atoms with van der Waals surface area (Å²) in [5, 5.41) is 0. The highest BCUT2D eigenvalue weighted by Crippen LogP contribution is 2.25. The van der Waals surface area contributed by atoms with Gasteiger partial charge in [-0.15, -0.1) is 0 Å². The molecule has 1 aliphatic rings. The number of carbonyl (C=O) groups excluding carboxylic acids is 3. The number of pyridine rings is 1. The fraction of sp³-hybridized carbons (Fsp3) is 0.364. The highest BCUT2D eigenvalue weighted by molar-refractivity contribution is 6.22. The Morgan fingerprint density at radius 2 is 1.83 bits per heavy atom. The average Bonchev–Trinajstić information content (AvgIpc) is 3.06. The van der Waals surface area contributed by atoms with Crippen molar-refractivity contribution in [1.82, 2.24) is 15.8 Å². The van der Waals surface area contributed by atoms with Gasteiger partial charge in [-0.05, 0) is 42.8 Å². The van der Waals surface area contributed by atoms with E-state index in [1.807, 2.05) is 0 Å². The van der Waals surface area contributed by atoms with Crippen LogP contribution < -0.4 is 20.5 Å². The number of ether oxygens (including phenoxy) is 1. The molecule has 2 heterocycles. The molecule has 8 heteroatoms. The van der Waals surface area contributed by atoms with Gasteiger partial charge in [0.25, 0.3) is 11.8 Å². The number of aromatic nitrogens is 1. The summed E-state index contributed by atoms with van der Waals surface area (Å²) < 4.78 is 5.70. The molecule has 3 amide bonds. The topological polar surface area (TPSA) is 101 Å². The Balaban J connectivity index is 1.53. The molecule has 3 rings (SSSR count). The highest BCUT2D eigenvalue weighted by Gasteiger charge is 2.39. The summed E-state index contributed by atoms with van der Waals surface area (Å²) in [4.78, 5) is 42.1. The van der Waals surface area contributed by atoms with Gasteiger partial charge in [0.15, 0.2) is 0 Å². The number of amides is 3. The van der Waals surface area contributed by atoms with Gasteiger partial charge in [-0.1, -0.05) is 26.2 Å². The van der Waals surface area contributed by atoms with Crippen LogP contribution in [0.3, 0.4) is 0 Å². The van der Waals surface area contributed by atoms with Crippen LogP contribution in [0.4, 0.5) is 5.69 Å². The smallest absolute Gasteiger partial charge is 0.265 e. The Hall–Kier alpha value is -3.26. The Morgan fingerprint density at radius 1 is 1.10 bits per heavy atom. The first-order valence-corrected chi connectivity index (χ1v) is 10.2. The van der Waals surface area contributed by atoms with Crippen LogP contribution in [0.2, 0.25) is 0 Å². The number of hydrogen-bond acceptors (Lipinski definition) is 6. The summed E-state index contributed by atoms with van der Waals surface area (Å²) in [5.74, 6) is -0.447. The number of imide groups is 1. The Bertz CT molecular complexity index is 870. The van der Waals surface area contributed by atoms with Crippen molar-refractivity contribution in [2.75, 3.05) is 11.5 Å². The molecule has 1 atom stereocenters. The van der Waals surface area contributed by atoms with Gasteiger partial charge in [-0.2, -0.15) is 0 Å². The van der Waals surface area contributed by atoms with Gasteiger partial charge >= 0.3 is 0 Å². The molecule has 1 aromatic heterocycles. The predicted molar refractivity (Wildman–Crippen MR) is 112 cm³/mol. The first-order chi connectivity index (χ1) is 14.6. The van der Waals surface area contributed by atoms with Crippen LogP contribution >= 0.6 is 0 Å².